The zero-order chi connectivity index (χ0) is 38.1. The Labute approximate surface area is 334 Å². The van der Waals surface area contributed by atoms with Crippen molar-refractivity contribution in [2.24, 2.45) is 0 Å². The molecule has 0 spiro atoms. The van der Waals surface area contributed by atoms with Crippen LogP contribution in [0.3, 0.4) is 0 Å². The van der Waals surface area contributed by atoms with Crippen molar-refractivity contribution in [2.45, 2.75) is 13.3 Å². The number of para-hydroxylation sites is 2. The molecule has 8 heterocycles. The van der Waals surface area contributed by atoms with E-state index in [9.17, 15) is 0 Å². The van der Waals surface area contributed by atoms with Gasteiger partial charge in [0.1, 0.15) is 5.65 Å². The molecule has 6 aromatic heterocycles. The summed E-state index contributed by atoms with van der Waals surface area (Å²) in [5.41, 5.74) is 22.0. The van der Waals surface area contributed by atoms with E-state index in [1.54, 1.807) is 0 Å². The fourth-order valence-corrected chi connectivity index (χ4v) is 10.3. The SMILES string of the molecule is Cc1c(-c2ccccc2Cc2ccccc2)c2nccc3c2n1-c1cc(-c2ccccn2)cc2c1B3c1ccnc3c4c5ccccc5n(-c5ccccc5)c4n-2c13. The molecule has 0 fully saturated rings. The van der Waals surface area contributed by atoms with Gasteiger partial charge in [-0.3, -0.25) is 24.1 Å². The number of rotatable bonds is 5. The molecule has 5 aromatic carbocycles. The predicted molar refractivity (Wildman–Crippen MR) is 237 cm³/mol. The van der Waals surface area contributed by atoms with Gasteiger partial charge in [0.05, 0.1) is 38.7 Å². The highest BCUT2D eigenvalue weighted by molar-refractivity contribution is 7.00. The lowest BCUT2D eigenvalue weighted by Crippen LogP contribution is -2.59. The van der Waals surface area contributed by atoms with Crippen LogP contribution >= 0.6 is 0 Å². The van der Waals surface area contributed by atoms with Crippen LogP contribution in [0.1, 0.15) is 16.8 Å². The second-order valence-electron chi connectivity index (χ2n) is 15.6. The standard InChI is InChI=1S/C51H33BN6/c1-31-44(36-19-9-8-16-33(36)28-32-14-4-2-5-15-32)47-49-38(23-26-54-47)52-39-24-27-55-48-45-37-20-10-11-22-41(37)57(35-17-6-3-7-18-35)51(45)58(50(39)48)43-30-34(40-21-12-13-25-53-40)29-42(46(43)52)56(31)49/h2-27,29-30H,28H2,1H3. The maximum absolute atomic E-state index is 5.24. The molecule has 13 rings (SSSR count). The molecule has 0 saturated carbocycles. The van der Waals surface area contributed by atoms with E-state index in [0.29, 0.717) is 0 Å². The van der Waals surface area contributed by atoms with Gasteiger partial charge in [-0.2, -0.15) is 0 Å². The number of aromatic nitrogens is 6. The predicted octanol–water partition coefficient (Wildman–Crippen LogP) is 9.23. The number of benzene rings is 5. The van der Waals surface area contributed by atoms with E-state index in [-0.39, 0.29) is 6.71 Å². The van der Waals surface area contributed by atoms with Crippen LogP contribution in [0, 0.1) is 6.92 Å². The molecule has 0 aliphatic carbocycles. The van der Waals surface area contributed by atoms with Crippen molar-refractivity contribution in [3.05, 3.63) is 187 Å². The molecule has 0 radical (unpaired) electrons. The van der Waals surface area contributed by atoms with Crippen LogP contribution in [0.4, 0.5) is 0 Å². The molecule has 270 valence electrons. The van der Waals surface area contributed by atoms with Gasteiger partial charge < -0.3 is 4.57 Å². The Kier molecular flexibility index (Phi) is 6.42. The average molecular weight is 741 g/mol. The molecular weight excluding hydrogens is 707 g/mol. The molecule has 0 amide bonds. The highest BCUT2D eigenvalue weighted by atomic mass is 15.2. The van der Waals surface area contributed by atoms with E-state index in [1.165, 1.54) is 60.6 Å². The molecule has 7 heteroatoms. The Hall–Kier alpha value is -7.51. The smallest absolute Gasteiger partial charge is 0.252 e. The number of fused-ring (bicyclic) bond motifs is 9. The van der Waals surface area contributed by atoms with E-state index >= 15 is 0 Å². The van der Waals surface area contributed by atoms with Crippen molar-refractivity contribution >= 4 is 67.1 Å². The second-order valence-corrected chi connectivity index (χ2v) is 15.6. The van der Waals surface area contributed by atoms with Crippen molar-refractivity contribution in [1.82, 2.24) is 28.7 Å². The average Bonchev–Trinajstić information content (AvgIpc) is 3.91. The van der Waals surface area contributed by atoms with Crippen molar-refractivity contribution in [3.63, 3.8) is 0 Å². The number of hydrogen-bond donors (Lipinski definition) is 0. The molecule has 0 N–H and O–H groups in total. The van der Waals surface area contributed by atoms with Crippen LogP contribution in [-0.4, -0.2) is 35.4 Å². The maximum Gasteiger partial charge on any atom is 0.252 e. The summed E-state index contributed by atoms with van der Waals surface area (Å²) in [5.74, 6) is 0. The summed E-state index contributed by atoms with van der Waals surface area (Å²) >= 11 is 0. The Morgan fingerprint density at radius 2 is 1.24 bits per heavy atom. The normalized spacial score (nSPS) is 12.6. The molecule has 6 nitrogen and oxygen atoms in total. The van der Waals surface area contributed by atoms with Crippen molar-refractivity contribution < 1.29 is 0 Å². The lowest BCUT2D eigenvalue weighted by Gasteiger charge is -2.34. The molecule has 2 aliphatic rings. The quantitative estimate of drug-likeness (QED) is 0.166. The number of pyridine rings is 3. The van der Waals surface area contributed by atoms with E-state index in [1.807, 2.05) is 24.7 Å². The zero-order valence-electron chi connectivity index (χ0n) is 31.6. The first-order valence-electron chi connectivity index (χ1n) is 19.9. The molecule has 58 heavy (non-hydrogen) atoms. The molecular formula is C51H33BN6. The largest absolute Gasteiger partial charge is 0.313 e. The van der Waals surface area contributed by atoms with Gasteiger partial charge >= 0.3 is 0 Å². The molecule has 0 bridgehead atoms. The zero-order valence-corrected chi connectivity index (χ0v) is 31.6. The van der Waals surface area contributed by atoms with Gasteiger partial charge in [0.25, 0.3) is 6.71 Å². The summed E-state index contributed by atoms with van der Waals surface area (Å²) in [4.78, 5) is 15.4. The Balaban J connectivity index is 1.19. The van der Waals surface area contributed by atoms with Crippen molar-refractivity contribution in [3.8, 4) is 39.4 Å². The summed E-state index contributed by atoms with van der Waals surface area (Å²) in [6.45, 7) is 2.25. The topological polar surface area (TPSA) is 53.5 Å². The van der Waals surface area contributed by atoms with Crippen LogP contribution in [0.25, 0.3) is 83.4 Å². The Morgan fingerprint density at radius 3 is 2.03 bits per heavy atom. The van der Waals surface area contributed by atoms with Gasteiger partial charge in [0.15, 0.2) is 0 Å². The van der Waals surface area contributed by atoms with Crippen LogP contribution in [0.2, 0.25) is 0 Å². The Morgan fingerprint density at radius 1 is 0.569 bits per heavy atom. The van der Waals surface area contributed by atoms with E-state index in [0.717, 1.165) is 62.5 Å². The maximum atomic E-state index is 5.24. The molecule has 0 unspecified atom stereocenters. The van der Waals surface area contributed by atoms with Crippen molar-refractivity contribution in [1.29, 1.82) is 0 Å². The van der Waals surface area contributed by atoms with Gasteiger partial charge in [-0.15, -0.1) is 0 Å². The van der Waals surface area contributed by atoms with Crippen LogP contribution in [-0.2, 0) is 6.42 Å². The van der Waals surface area contributed by atoms with E-state index in [2.05, 4.69) is 166 Å². The second kappa shape index (κ2) is 11.8. The van der Waals surface area contributed by atoms with Crippen molar-refractivity contribution in [2.75, 3.05) is 0 Å². The number of nitrogens with zero attached hydrogens (tertiary/aromatic N) is 6. The molecule has 11 aromatic rings. The molecule has 2 aliphatic heterocycles. The molecule has 0 saturated heterocycles. The van der Waals surface area contributed by atoms with Gasteiger partial charge in [-0.1, -0.05) is 97.1 Å². The summed E-state index contributed by atoms with van der Waals surface area (Å²) in [6, 6.07) is 54.6. The van der Waals surface area contributed by atoms with Gasteiger partial charge in [-0.25, -0.2) is 0 Å². The third-order valence-corrected chi connectivity index (χ3v) is 12.6. The summed E-state index contributed by atoms with van der Waals surface area (Å²) in [6.07, 6.45) is 6.77. The fourth-order valence-electron chi connectivity index (χ4n) is 10.3. The Bertz CT molecular complexity index is 3490. The first-order chi connectivity index (χ1) is 28.7. The minimum atomic E-state index is -0.0315. The third kappa shape index (κ3) is 4.14. The summed E-state index contributed by atoms with van der Waals surface area (Å²) < 4.78 is 7.45. The van der Waals surface area contributed by atoms with E-state index in [4.69, 9.17) is 15.0 Å². The first-order valence-corrected chi connectivity index (χ1v) is 19.9. The molecule has 0 atom stereocenters. The minimum Gasteiger partial charge on any atom is -0.313 e. The third-order valence-electron chi connectivity index (χ3n) is 12.6. The highest BCUT2D eigenvalue weighted by Gasteiger charge is 2.43. The van der Waals surface area contributed by atoms with Crippen LogP contribution < -0.4 is 16.4 Å². The summed E-state index contributed by atoms with van der Waals surface area (Å²) in [7, 11) is 0. The van der Waals surface area contributed by atoms with Gasteiger partial charge in [-0.05, 0) is 101 Å². The first kappa shape index (κ1) is 31.7. The van der Waals surface area contributed by atoms with Crippen LogP contribution in [0.15, 0.2) is 170 Å². The lowest BCUT2D eigenvalue weighted by atomic mass is 9.34. The monoisotopic (exact) mass is 740 g/mol. The number of hydrogen-bond acceptors (Lipinski definition) is 3. The fraction of sp³-hybridized carbons (Fsp3) is 0.0392. The van der Waals surface area contributed by atoms with E-state index < -0.39 is 0 Å². The lowest BCUT2D eigenvalue weighted by molar-refractivity contribution is 1.04. The van der Waals surface area contributed by atoms with Gasteiger partial charge in [0, 0.05) is 57.9 Å². The highest BCUT2D eigenvalue weighted by Crippen LogP contribution is 2.44. The van der Waals surface area contributed by atoms with Crippen LogP contribution in [0.5, 0.6) is 0 Å². The minimum absolute atomic E-state index is 0.0315. The summed E-state index contributed by atoms with van der Waals surface area (Å²) in [5, 5.41) is 2.36. The van der Waals surface area contributed by atoms with Gasteiger partial charge in [0.2, 0.25) is 0 Å².